The van der Waals surface area contributed by atoms with Gasteiger partial charge in [-0.1, -0.05) is 0 Å². The Kier molecular flexibility index (Phi) is 6.65. The molecule has 1 aliphatic heterocycles. The van der Waals surface area contributed by atoms with Crippen LogP contribution in [0.4, 0.5) is 23.8 Å². The zero-order valence-electron chi connectivity index (χ0n) is 22.2. The maximum atomic E-state index is 14.2. The minimum atomic E-state index is -1.55. The van der Waals surface area contributed by atoms with E-state index >= 15 is 0 Å². The number of amides is 1. The van der Waals surface area contributed by atoms with Crippen LogP contribution in [-0.4, -0.2) is 66.8 Å². The van der Waals surface area contributed by atoms with Crippen LogP contribution in [0, 0.1) is 24.4 Å². The number of carbonyl (C=O) groups excluding carboxylic acids is 1. The lowest BCUT2D eigenvalue weighted by molar-refractivity contribution is 0.0218. The highest BCUT2D eigenvalue weighted by atomic mass is 19.2. The first-order chi connectivity index (χ1) is 18.4. The molecule has 1 atom stereocenters. The predicted molar refractivity (Wildman–Crippen MR) is 139 cm³/mol. The van der Waals surface area contributed by atoms with Crippen molar-refractivity contribution in [1.82, 2.24) is 29.4 Å². The predicted octanol–water partition coefficient (Wildman–Crippen LogP) is 5.05. The Balaban J connectivity index is 1.63. The molecule has 1 amide bonds. The number of anilines is 1. The van der Waals surface area contributed by atoms with Crippen molar-refractivity contribution in [2.75, 3.05) is 24.5 Å². The summed E-state index contributed by atoms with van der Waals surface area (Å²) in [6.07, 6.45) is 5.74. The van der Waals surface area contributed by atoms with Gasteiger partial charge in [-0.15, -0.1) is 0 Å². The molecule has 39 heavy (non-hydrogen) atoms. The number of aromatic nitrogens is 5. The van der Waals surface area contributed by atoms with Crippen molar-refractivity contribution in [3.05, 3.63) is 60.2 Å². The summed E-state index contributed by atoms with van der Waals surface area (Å²) in [6, 6.07) is 1.67. The van der Waals surface area contributed by atoms with Crippen molar-refractivity contribution in [2.24, 2.45) is 0 Å². The first-order valence-corrected chi connectivity index (χ1v) is 12.5. The van der Waals surface area contributed by atoms with Gasteiger partial charge in [-0.3, -0.25) is 9.97 Å². The molecule has 204 valence electrons. The van der Waals surface area contributed by atoms with Crippen molar-refractivity contribution in [1.29, 1.82) is 0 Å². The third-order valence-corrected chi connectivity index (χ3v) is 6.50. The van der Waals surface area contributed by atoms with Crippen LogP contribution >= 0.6 is 0 Å². The summed E-state index contributed by atoms with van der Waals surface area (Å²) in [5.74, 6) is -3.61. The maximum absolute atomic E-state index is 14.2. The fourth-order valence-corrected chi connectivity index (χ4v) is 4.76. The molecule has 0 radical (unpaired) electrons. The topological polar surface area (TPSA) is 89.3 Å². The molecule has 0 spiro atoms. The van der Waals surface area contributed by atoms with E-state index in [1.54, 1.807) is 30.4 Å². The van der Waals surface area contributed by atoms with Crippen LogP contribution in [-0.2, 0) is 4.74 Å². The number of carbonyl (C=O) groups is 1. The first-order valence-electron chi connectivity index (χ1n) is 12.5. The van der Waals surface area contributed by atoms with Crippen LogP contribution < -0.4 is 4.90 Å². The van der Waals surface area contributed by atoms with Gasteiger partial charge in [-0.05, 0) is 34.6 Å². The summed E-state index contributed by atoms with van der Waals surface area (Å²) in [5, 5.41) is 0.587. The lowest BCUT2D eigenvalue weighted by atomic mass is 10.1. The number of ether oxygens (including phenoxy) is 1. The Morgan fingerprint density at radius 3 is 2.36 bits per heavy atom. The molecule has 9 nitrogen and oxygen atoms in total. The number of benzene rings is 1. The Labute approximate surface area is 223 Å². The van der Waals surface area contributed by atoms with Gasteiger partial charge in [0, 0.05) is 62.0 Å². The molecule has 4 heterocycles. The summed E-state index contributed by atoms with van der Waals surface area (Å²) >= 11 is 0. The van der Waals surface area contributed by atoms with E-state index in [1.165, 1.54) is 10.9 Å². The van der Waals surface area contributed by atoms with E-state index in [1.807, 2.05) is 27.7 Å². The van der Waals surface area contributed by atoms with E-state index in [2.05, 4.69) is 24.8 Å². The van der Waals surface area contributed by atoms with Gasteiger partial charge in [0.25, 0.3) is 0 Å². The van der Waals surface area contributed by atoms with Crippen molar-refractivity contribution < 1.29 is 22.7 Å². The second-order valence-corrected chi connectivity index (χ2v) is 10.5. The number of nitrogens with zero attached hydrogens (tertiary/aromatic N) is 7. The second-order valence-electron chi connectivity index (χ2n) is 10.5. The van der Waals surface area contributed by atoms with E-state index < -0.39 is 23.1 Å². The van der Waals surface area contributed by atoms with Crippen LogP contribution in [0.15, 0.2) is 37.1 Å². The summed E-state index contributed by atoms with van der Waals surface area (Å²) in [7, 11) is 0. The average molecular weight is 540 g/mol. The standard InChI is InChI=1S/C27H28F3N7O2/c1-15-12-35(26(38)39-27(3,4)5)8-9-36(15)24-21-18(23-16(2)31-6-7-32-23)13-37(25(21)34-14-33-24)17-10-19(28)22(30)20(29)11-17/h6-7,10-11,13-15H,8-9,12H2,1-5H3/t15-/m0/s1. The molecular formula is C27H28F3N7O2. The zero-order valence-corrected chi connectivity index (χ0v) is 22.2. The van der Waals surface area contributed by atoms with Crippen molar-refractivity contribution in [2.45, 2.75) is 46.3 Å². The Hall–Kier alpha value is -4.22. The summed E-state index contributed by atoms with van der Waals surface area (Å²) in [4.78, 5) is 34.3. The molecule has 5 rings (SSSR count). The maximum Gasteiger partial charge on any atom is 0.410 e. The number of rotatable bonds is 3. The highest BCUT2D eigenvalue weighted by Gasteiger charge is 2.32. The SMILES string of the molecule is Cc1nccnc1-c1cn(-c2cc(F)c(F)c(F)c2)c2ncnc(N3CCN(C(=O)OC(C)(C)C)C[C@@H]3C)c12. The molecule has 1 saturated heterocycles. The highest BCUT2D eigenvalue weighted by molar-refractivity contribution is 6.02. The molecule has 1 fully saturated rings. The Bertz CT molecular complexity index is 1540. The molecule has 3 aromatic heterocycles. The number of aryl methyl sites for hydroxylation is 1. The van der Waals surface area contributed by atoms with E-state index in [0.29, 0.717) is 53.4 Å². The quantitative estimate of drug-likeness (QED) is 0.337. The Morgan fingerprint density at radius 1 is 1.03 bits per heavy atom. The average Bonchev–Trinajstić information content (AvgIpc) is 3.26. The monoisotopic (exact) mass is 539 g/mol. The van der Waals surface area contributed by atoms with E-state index in [4.69, 9.17) is 4.74 Å². The number of fused-ring (bicyclic) bond motifs is 1. The third-order valence-electron chi connectivity index (χ3n) is 6.50. The van der Waals surface area contributed by atoms with Gasteiger partial charge in [0.05, 0.1) is 22.5 Å². The second kappa shape index (κ2) is 9.83. The lowest BCUT2D eigenvalue weighted by Gasteiger charge is -2.41. The van der Waals surface area contributed by atoms with E-state index in [-0.39, 0.29) is 17.8 Å². The van der Waals surface area contributed by atoms with Crippen LogP contribution in [0.2, 0.25) is 0 Å². The summed E-state index contributed by atoms with van der Waals surface area (Å²) < 4.78 is 49.2. The van der Waals surface area contributed by atoms with Crippen molar-refractivity contribution in [3.63, 3.8) is 0 Å². The number of piperazine rings is 1. The van der Waals surface area contributed by atoms with Gasteiger partial charge in [0.1, 0.15) is 17.7 Å². The smallest absolute Gasteiger partial charge is 0.410 e. The molecule has 0 unspecified atom stereocenters. The van der Waals surface area contributed by atoms with Crippen molar-refractivity contribution in [3.8, 4) is 16.9 Å². The van der Waals surface area contributed by atoms with Gasteiger partial charge in [-0.25, -0.2) is 27.9 Å². The molecule has 1 aromatic carbocycles. The molecule has 12 heteroatoms. The van der Waals surface area contributed by atoms with Crippen LogP contribution in [0.25, 0.3) is 28.0 Å². The van der Waals surface area contributed by atoms with E-state index in [0.717, 1.165) is 12.1 Å². The normalized spacial score (nSPS) is 16.2. The molecule has 1 aliphatic rings. The van der Waals surface area contributed by atoms with Crippen LogP contribution in [0.3, 0.4) is 0 Å². The van der Waals surface area contributed by atoms with Gasteiger partial charge in [-0.2, -0.15) is 0 Å². The molecule has 0 N–H and O–H groups in total. The highest BCUT2D eigenvalue weighted by Crippen LogP contribution is 2.38. The van der Waals surface area contributed by atoms with Gasteiger partial charge >= 0.3 is 6.09 Å². The van der Waals surface area contributed by atoms with E-state index in [9.17, 15) is 18.0 Å². The fourth-order valence-electron chi connectivity index (χ4n) is 4.76. The van der Waals surface area contributed by atoms with Crippen LogP contribution in [0.1, 0.15) is 33.4 Å². The van der Waals surface area contributed by atoms with Gasteiger partial charge in [0.2, 0.25) is 0 Å². The minimum Gasteiger partial charge on any atom is -0.444 e. The molecule has 0 bridgehead atoms. The molecular weight excluding hydrogens is 511 g/mol. The minimum absolute atomic E-state index is 0.0524. The summed E-state index contributed by atoms with van der Waals surface area (Å²) in [5.41, 5.74) is 1.56. The largest absolute Gasteiger partial charge is 0.444 e. The number of hydrogen-bond donors (Lipinski definition) is 0. The zero-order chi connectivity index (χ0) is 28.1. The molecule has 0 aliphatic carbocycles. The number of hydrogen-bond acceptors (Lipinski definition) is 7. The van der Waals surface area contributed by atoms with Crippen LogP contribution in [0.5, 0.6) is 0 Å². The lowest BCUT2D eigenvalue weighted by Crippen LogP contribution is -2.54. The van der Waals surface area contributed by atoms with Gasteiger partial charge in [0.15, 0.2) is 23.1 Å². The molecule has 4 aromatic rings. The van der Waals surface area contributed by atoms with Gasteiger partial charge < -0.3 is 19.1 Å². The number of halogens is 3. The van der Waals surface area contributed by atoms with Crippen molar-refractivity contribution >= 4 is 22.9 Å². The fraction of sp³-hybridized carbons (Fsp3) is 0.370. The third kappa shape index (κ3) is 4.98. The Morgan fingerprint density at radius 2 is 1.72 bits per heavy atom. The molecule has 0 saturated carbocycles. The first kappa shape index (κ1) is 26.4. The summed E-state index contributed by atoms with van der Waals surface area (Å²) in [6.45, 7) is 10.5.